The molecule has 15 heavy (non-hydrogen) atoms. The molecular weight excluding hydrogens is 231 g/mol. The van der Waals surface area contributed by atoms with Gasteiger partial charge in [0.2, 0.25) is 0 Å². The van der Waals surface area contributed by atoms with Gasteiger partial charge in [-0.25, -0.2) is 0 Å². The molecule has 3 fully saturated rings. The van der Waals surface area contributed by atoms with Gasteiger partial charge in [-0.05, 0) is 37.0 Å². The van der Waals surface area contributed by atoms with Crippen molar-refractivity contribution in [2.24, 2.45) is 5.84 Å². The number of nitrogens with one attached hydrogen (secondary N) is 1. The summed E-state index contributed by atoms with van der Waals surface area (Å²) >= 11 is 12.4. The third kappa shape index (κ3) is 1.14. The first kappa shape index (κ1) is 9.91. The molecule has 3 N–H and O–H groups in total. The molecule has 1 aromatic carbocycles. The van der Waals surface area contributed by atoms with Crippen molar-refractivity contribution in [1.29, 1.82) is 0 Å². The average molecular weight is 243 g/mol. The van der Waals surface area contributed by atoms with Crippen LogP contribution in [0.3, 0.4) is 0 Å². The van der Waals surface area contributed by atoms with E-state index in [1.807, 2.05) is 18.2 Å². The Kier molecular flexibility index (Phi) is 1.91. The molecule has 0 radical (unpaired) electrons. The molecule has 2 nitrogen and oxygen atoms in total. The normalized spacial score (nSPS) is 37.0. The summed E-state index contributed by atoms with van der Waals surface area (Å²) in [5, 5.41) is 1.57. The van der Waals surface area contributed by atoms with E-state index in [9.17, 15) is 0 Å². The molecule has 4 heteroatoms. The maximum atomic E-state index is 6.20. The Hall–Kier alpha value is -0.280. The highest BCUT2D eigenvalue weighted by atomic mass is 35.5. The number of hydrazine groups is 1. The summed E-state index contributed by atoms with van der Waals surface area (Å²) in [6, 6.07) is 5.70. The third-order valence-electron chi connectivity index (χ3n) is 3.83. The number of hydrogen-bond donors (Lipinski definition) is 2. The van der Waals surface area contributed by atoms with Crippen molar-refractivity contribution in [3.05, 3.63) is 33.8 Å². The highest BCUT2D eigenvalue weighted by molar-refractivity contribution is 6.36. The minimum absolute atomic E-state index is 0.169. The predicted octanol–water partition coefficient (Wildman–Crippen LogP) is 2.63. The molecule has 0 atom stereocenters. The second-order valence-electron chi connectivity index (χ2n) is 4.83. The van der Waals surface area contributed by atoms with E-state index in [0.717, 1.165) is 34.9 Å². The van der Waals surface area contributed by atoms with Gasteiger partial charge in [0.25, 0.3) is 0 Å². The minimum Gasteiger partial charge on any atom is -0.271 e. The van der Waals surface area contributed by atoms with Crippen LogP contribution in [0.2, 0.25) is 10.0 Å². The first-order valence-corrected chi connectivity index (χ1v) is 5.79. The number of rotatable bonds is 2. The summed E-state index contributed by atoms with van der Waals surface area (Å²) in [6.07, 6.45) is 3.17. The molecule has 4 rings (SSSR count). The monoisotopic (exact) mass is 242 g/mol. The summed E-state index contributed by atoms with van der Waals surface area (Å²) < 4.78 is 0. The standard InChI is InChI=1S/C11H12Cl2N2/c12-7-2-1-3-8(13)9(7)10-4-11(5-10,6-10)15-14/h1-3,15H,4-6,14H2. The Balaban J connectivity index is 1.97. The number of hydrogen-bond acceptors (Lipinski definition) is 2. The minimum atomic E-state index is 0.169. The fourth-order valence-corrected chi connectivity index (χ4v) is 4.01. The Morgan fingerprint density at radius 1 is 1.13 bits per heavy atom. The molecular formula is C11H12Cl2N2. The highest BCUT2D eigenvalue weighted by Gasteiger charge is 2.69. The fraction of sp³-hybridized carbons (Fsp3) is 0.455. The lowest BCUT2D eigenvalue weighted by Gasteiger charge is -2.70. The number of nitrogens with two attached hydrogens (primary N) is 1. The molecule has 1 aromatic rings. The van der Waals surface area contributed by atoms with Crippen LogP contribution in [0.4, 0.5) is 0 Å². The first-order chi connectivity index (χ1) is 7.11. The molecule has 0 aromatic heterocycles. The quantitative estimate of drug-likeness (QED) is 0.619. The van der Waals surface area contributed by atoms with Gasteiger partial charge in [0.1, 0.15) is 0 Å². The lowest BCUT2D eigenvalue weighted by Crippen LogP contribution is -2.77. The van der Waals surface area contributed by atoms with Gasteiger partial charge in [0.05, 0.1) is 0 Å². The van der Waals surface area contributed by atoms with Crippen LogP contribution in [-0.4, -0.2) is 5.54 Å². The third-order valence-corrected chi connectivity index (χ3v) is 4.46. The molecule has 0 unspecified atom stereocenters. The van der Waals surface area contributed by atoms with Crippen LogP contribution in [0.5, 0.6) is 0 Å². The van der Waals surface area contributed by atoms with Crippen molar-refractivity contribution in [2.75, 3.05) is 0 Å². The van der Waals surface area contributed by atoms with Crippen molar-refractivity contribution >= 4 is 23.2 Å². The summed E-state index contributed by atoms with van der Waals surface area (Å²) in [4.78, 5) is 0. The average Bonchev–Trinajstić information content (AvgIpc) is 2.06. The molecule has 3 aliphatic carbocycles. The number of benzene rings is 1. The van der Waals surface area contributed by atoms with Gasteiger partial charge in [0, 0.05) is 21.0 Å². The van der Waals surface area contributed by atoms with Gasteiger partial charge in [0.15, 0.2) is 0 Å². The van der Waals surface area contributed by atoms with Gasteiger partial charge < -0.3 is 0 Å². The number of halogens is 2. The molecule has 3 saturated carbocycles. The van der Waals surface area contributed by atoms with Crippen molar-refractivity contribution in [2.45, 2.75) is 30.2 Å². The van der Waals surface area contributed by atoms with E-state index in [0.29, 0.717) is 0 Å². The van der Waals surface area contributed by atoms with Crippen LogP contribution >= 0.6 is 23.2 Å². The van der Waals surface area contributed by atoms with Crippen molar-refractivity contribution in [3.8, 4) is 0 Å². The SMILES string of the molecule is NNC12CC(c3c(Cl)cccc3Cl)(C1)C2. The maximum absolute atomic E-state index is 6.20. The zero-order valence-electron chi connectivity index (χ0n) is 8.19. The van der Waals surface area contributed by atoms with Crippen molar-refractivity contribution in [1.82, 2.24) is 5.43 Å². The van der Waals surface area contributed by atoms with E-state index in [4.69, 9.17) is 29.0 Å². The molecule has 80 valence electrons. The van der Waals surface area contributed by atoms with Crippen LogP contribution in [0.1, 0.15) is 24.8 Å². The van der Waals surface area contributed by atoms with E-state index in [1.54, 1.807) is 0 Å². The Morgan fingerprint density at radius 3 is 2.13 bits per heavy atom. The van der Waals surface area contributed by atoms with E-state index < -0.39 is 0 Å². The van der Waals surface area contributed by atoms with Crippen LogP contribution in [-0.2, 0) is 5.41 Å². The summed E-state index contributed by atoms with van der Waals surface area (Å²) in [6.45, 7) is 0. The summed E-state index contributed by atoms with van der Waals surface area (Å²) in [5.74, 6) is 5.50. The lowest BCUT2D eigenvalue weighted by atomic mass is 9.37. The molecule has 3 aliphatic rings. The molecule has 2 bridgehead atoms. The largest absolute Gasteiger partial charge is 0.271 e. The molecule has 0 heterocycles. The van der Waals surface area contributed by atoms with E-state index in [1.165, 1.54) is 0 Å². The highest BCUT2D eigenvalue weighted by Crippen LogP contribution is 2.69. The van der Waals surface area contributed by atoms with Crippen LogP contribution in [0.25, 0.3) is 0 Å². The lowest BCUT2D eigenvalue weighted by molar-refractivity contribution is -0.0881. The fourth-order valence-electron chi connectivity index (χ4n) is 3.21. The Bertz CT molecular complexity index is 391. The molecule has 0 amide bonds. The molecule has 0 aliphatic heterocycles. The predicted molar refractivity (Wildman–Crippen MR) is 62.0 cm³/mol. The van der Waals surface area contributed by atoms with E-state index >= 15 is 0 Å². The topological polar surface area (TPSA) is 38.0 Å². The molecule has 0 spiro atoms. The molecule has 0 saturated heterocycles. The summed E-state index contributed by atoms with van der Waals surface area (Å²) in [5.41, 5.74) is 4.37. The van der Waals surface area contributed by atoms with Gasteiger partial charge in [-0.15, -0.1) is 0 Å². The second kappa shape index (κ2) is 2.89. The Morgan fingerprint density at radius 2 is 1.67 bits per heavy atom. The van der Waals surface area contributed by atoms with Crippen molar-refractivity contribution in [3.63, 3.8) is 0 Å². The van der Waals surface area contributed by atoms with Crippen LogP contribution < -0.4 is 11.3 Å². The van der Waals surface area contributed by atoms with Gasteiger partial charge >= 0.3 is 0 Å². The smallest absolute Gasteiger partial charge is 0.0458 e. The van der Waals surface area contributed by atoms with Crippen molar-refractivity contribution < 1.29 is 0 Å². The first-order valence-electron chi connectivity index (χ1n) is 5.03. The maximum Gasteiger partial charge on any atom is 0.0458 e. The zero-order chi connectivity index (χ0) is 10.7. The Labute approximate surface area is 98.7 Å². The van der Waals surface area contributed by atoms with Gasteiger partial charge in [-0.3, -0.25) is 11.3 Å². The summed E-state index contributed by atoms with van der Waals surface area (Å²) in [7, 11) is 0. The van der Waals surface area contributed by atoms with Crippen LogP contribution in [0.15, 0.2) is 18.2 Å². The van der Waals surface area contributed by atoms with E-state index in [-0.39, 0.29) is 11.0 Å². The van der Waals surface area contributed by atoms with Gasteiger partial charge in [-0.1, -0.05) is 29.3 Å². The van der Waals surface area contributed by atoms with Gasteiger partial charge in [-0.2, -0.15) is 0 Å². The van der Waals surface area contributed by atoms with Crippen LogP contribution in [0, 0.1) is 0 Å². The zero-order valence-corrected chi connectivity index (χ0v) is 9.70. The second-order valence-corrected chi connectivity index (χ2v) is 5.65. The van der Waals surface area contributed by atoms with E-state index in [2.05, 4.69) is 5.43 Å².